The summed E-state index contributed by atoms with van der Waals surface area (Å²) in [7, 11) is 0. The normalized spacial score (nSPS) is 40.2. The maximum atomic E-state index is 6.19. The highest BCUT2D eigenvalue weighted by atomic mass is 15.2. The Hall–Kier alpha value is -0.0800. The van der Waals surface area contributed by atoms with Crippen LogP contribution >= 0.6 is 0 Å². The first-order chi connectivity index (χ1) is 9.49. The third-order valence-electron chi connectivity index (χ3n) is 6.66. The molecule has 0 aromatic carbocycles. The van der Waals surface area contributed by atoms with Gasteiger partial charge in [0.05, 0.1) is 0 Å². The smallest absolute Gasteiger partial charge is 0.0249 e. The number of piperidine rings is 1. The van der Waals surface area contributed by atoms with Crippen molar-refractivity contribution < 1.29 is 0 Å². The molecule has 3 unspecified atom stereocenters. The van der Waals surface area contributed by atoms with Crippen LogP contribution in [-0.4, -0.2) is 30.1 Å². The van der Waals surface area contributed by atoms with E-state index in [1.807, 2.05) is 0 Å². The Morgan fingerprint density at radius 2 is 1.75 bits per heavy atom. The van der Waals surface area contributed by atoms with E-state index >= 15 is 0 Å². The summed E-state index contributed by atoms with van der Waals surface area (Å²) in [4.78, 5) is 2.82. The Balaban J connectivity index is 1.58. The van der Waals surface area contributed by atoms with Gasteiger partial charge in [0.2, 0.25) is 0 Å². The molecule has 2 saturated carbocycles. The molecule has 1 saturated heterocycles. The van der Waals surface area contributed by atoms with Crippen LogP contribution in [0.3, 0.4) is 0 Å². The second-order valence-corrected chi connectivity index (χ2v) is 8.81. The van der Waals surface area contributed by atoms with E-state index in [9.17, 15) is 0 Å². The molecular weight excluding hydrogens is 244 g/mol. The van der Waals surface area contributed by atoms with Gasteiger partial charge in [-0.2, -0.15) is 0 Å². The molecule has 1 aliphatic heterocycles. The Labute approximate surface area is 125 Å². The molecule has 0 spiro atoms. The lowest BCUT2D eigenvalue weighted by Gasteiger charge is -2.44. The quantitative estimate of drug-likeness (QED) is 0.854. The highest BCUT2D eigenvalue weighted by molar-refractivity contribution is 4.98. The minimum atomic E-state index is 0.496. The first-order valence-electron chi connectivity index (χ1n) is 8.95. The molecule has 2 heteroatoms. The van der Waals surface area contributed by atoms with E-state index in [4.69, 9.17) is 5.73 Å². The van der Waals surface area contributed by atoms with E-state index < -0.39 is 0 Å². The van der Waals surface area contributed by atoms with Crippen molar-refractivity contribution in [3.8, 4) is 0 Å². The number of rotatable bonds is 3. The SMILES string of the molecule is CC(C)(C)C1CCC(C(CN)N2CC3CCC2C3)CC1. The van der Waals surface area contributed by atoms with E-state index in [2.05, 4.69) is 25.7 Å². The summed E-state index contributed by atoms with van der Waals surface area (Å²) in [5.74, 6) is 2.80. The maximum Gasteiger partial charge on any atom is 0.0249 e. The number of nitrogens with two attached hydrogens (primary N) is 1. The molecule has 3 fully saturated rings. The third-order valence-corrected chi connectivity index (χ3v) is 6.66. The monoisotopic (exact) mass is 278 g/mol. The number of hydrogen-bond donors (Lipinski definition) is 1. The Bertz CT molecular complexity index is 325. The second-order valence-electron chi connectivity index (χ2n) is 8.81. The zero-order valence-electron chi connectivity index (χ0n) is 13.8. The molecule has 2 nitrogen and oxygen atoms in total. The van der Waals surface area contributed by atoms with E-state index in [1.165, 1.54) is 51.5 Å². The summed E-state index contributed by atoms with van der Waals surface area (Å²) in [6.07, 6.45) is 10.1. The molecule has 2 bridgehead atoms. The fraction of sp³-hybridized carbons (Fsp3) is 1.00. The van der Waals surface area contributed by atoms with E-state index in [-0.39, 0.29) is 0 Å². The lowest BCUT2D eigenvalue weighted by molar-refractivity contribution is 0.0637. The van der Waals surface area contributed by atoms with Gasteiger partial charge in [0.1, 0.15) is 0 Å². The standard InChI is InChI=1S/C18H34N2/c1-18(2,3)15-7-5-14(6-8-15)17(11-19)20-12-13-4-9-16(20)10-13/h13-17H,4-12,19H2,1-3H3. The zero-order valence-corrected chi connectivity index (χ0v) is 13.8. The average Bonchev–Trinajstić information content (AvgIpc) is 3.02. The van der Waals surface area contributed by atoms with Crippen LogP contribution in [0.15, 0.2) is 0 Å². The van der Waals surface area contributed by atoms with E-state index in [0.29, 0.717) is 11.5 Å². The molecule has 3 rings (SSSR count). The summed E-state index contributed by atoms with van der Waals surface area (Å²) in [6, 6.07) is 1.57. The van der Waals surface area contributed by atoms with Gasteiger partial charge in [0.15, 0.2) is 0 Å². The van der Waals surface area contributed by atoms with Crippen molar-refractivity contribution in [3.63, 3.8) is 0 Å². The molecule has 2 N–H and O–H groups in total. The molecule has 20 heavy (non-hydrogen) atoms. The van der Waals surface area contributed by atoms with Crippen molar-refractivity contribution in [1.29, 1.82) is 0 Å². The number of likely N-dealkylation sites (tertiary alicyclic amines) is 1. The number of hydrogen-bond acceptors (Lipinski definition) is 2. The van der Waals surface area contributed by atoms with Crippen LogP contribution in [-0.2, 0) is 0 Å². The van der Waals surface area contributed by atoms with Crippen molar-refractivity contribution in [2.75, 3.05) is 13.1 Å². The van der Waals surface area contributed by atoms with Gasteiger partial charge >= 0.3 is 0 Å². The highest BCUT2D eigenvalue weighted by Crippen LogP contribution is 2.44. The molecule has 116 valence electrons. The largest absolute Gasteiger partial charge is 0.329 e. The maximum absolute atomic E-state index is 6.19. The minimum absolute atomic E-state index is 0.496. The van der Waals surface area contributed by atoms with Crippen molar-refractivity contribution in [2.24, 2.45) is 28.9 Å². The molecule has 0 radical (unpaired) electrons. The minimum Gasteiger partial charge on any atom is -0.329 e. The molecule has 0 aromatic rings. The first kappa shape index (κ1) is 14.8. The summed E-state index contributed by atoms with van der Waals surface area (Å²) < 4.78 is 0. The van der Waals surface area contributed by atoms with Gasteiger partial charge in [0, 0.05) is 25.2 Å². The fourth-order valence-corrected chi connectivity index (χ4v) is 5.34. The van der Waals surface area contributed by atoms with Gasteiger partial charge in [0.25, 0.3) is 0 Å². The zero-order chi connectivity index (χ0) is 14.3. The fourth-order valence-electron chi connectivity index (χ4n) is 5.34. The van der Waals surface area contributed by atoms with Crippen LogP contribution in [0.25, 0.3) is 0 Å². The molecule has 3 atom stereocenters. The van der Waals surface area contributed by atoms with Crippen molar-refractivity contribution >= 4 is 0 Å². The van der Waals surface area contributed by atoms with E-state index in [1.54, 1.807) is 0 Å². The van der Waals surface area contributed by atoms with Crippen LogP contribution in [0.5, 0.6) is 0 Å². The predicted molar refractivity (Wildman–Crippen MR) is 85.6 cm³/mol. The van der Waals surface area contributed by atoms with E-state index in [0.717, 1.165) is 30.3 Å². The lowest BCUT2D eigenvalue weighted by atomic mass is 9.68. The lowest BCUT2D eigenvalue weighted by Crippen LogP contribution is -2.50. The van der Waals surface area contributed by atoms with Crippen LogP contribution in [0, 0.1) is 23.2 Å². The van der Waals surface area contributed by atoms with Crippen LogP contribution in [0.4, 0.5) is 0 Å². The Morgan fingerprint density at radius 1 is 1.05 bits per heavy atom. The van der Waals surface area contributed by atoms with Crippen molar-refractivity contribution in [2.45, 2.75) is 77.8 Å². The van der Waals surface area contributed by atoms with Gasteiger partial charge in [-0.1, -0.05) is 20.8 Å². The first-order valence-corrected chi connectivity index (χ1v) is 8.95. The third kappa shape index (κ3) is 2.78. The average molecular weight is 278 g/mol. The highest BCUT2D eigenvalue weighted by Gasteiger charge is 2.43. The Morgan fingerprint density at radius 3 is 2.20 bits per heavy atom. The van der Waals surface area contributed by atoms with Crippen molar-refractivity contribution in [1.82, 2.24) is 4.90 Å². The van der Waals surface area contributed by atoms with Crippen molar-refractivity contribution in [3.05, 3.63) is 0 Å². The molecule has 1 heterocycles. The molecule has 3 aliphatic rings. The van der Waals surface area contributed by atoms with Crippen LogP contribution in [0.2, 0.25) is 0 Å². The second kappa shape index (κ2) is 5.61. The molecule has 0 amide bonds. The predicted octanol–water partition coefficient (Wildman–Crippen LogP) is 3.65. The summed E-state index contributed by atoms with van der Waals surface area (Å²) in [5, 5.41) is 0. The topological polar surface area (TPSA) is 29.3 Å². The molecule has 0 aromatic heterocycles. The number of nitrogens with zero attached hydrogens (tertiary/aromatic N) is 1. The molecular formula is C18H34N2. The summed E-state index contributed by atoms with van der Waals surface area (Å²) in [6.45, 7) is 9.48. The van der Waals surface area contributed by atoms with Gasteiger partial charge in [-0.15, -0.1) is 0 Å². The van der Waals surface area contributed by atoms with Gasteiger partial charge in [-0.05, 0) is 68.1 Å². The van der Waals surface area contributed by atoms with Gasteiger partial charge in [-0.25, -0.2) is 0 Å². The number of fused-ring (bicyclic) bond motifs is 2. The summed E-state index contributed by atoms with van der Waals surface area (Å²) >= 11 is 0. The van der Waals surface area contributed by atoms with Crippen LogP contribution < -0.4 is 5.73 Å². The summed E-state index contributed by atoms with van der Waals surface area (Å²) in [5.41, 5.74) is 6.69. The van der Waals surface area contributed by atoms with Gasteiger partial charge < -0.3 is 5.73 Å². The van der Waals surface area contributed by atoms with Gasteiger partial charge in [-0.3, -0.25) is 4.90 Å². The van der Waals surface area contributed by atoms with Crippen LogP contribution in [0.1, 0.15) is 65.7 Å². The Kier molecular flexibility index (Phi) is 4.16. The molecule has 2 aliphatic carbocycles.